The van der Waals surface area contributed by atoms with Gasteiger partial charge in [0, 0.05) is 18.8 Å². The van der Waals surface area contributed by atoms with Crippen LogP contribution >= 0.6 is 0 Å². The number of piperidine rings is 1. The molecule has 1 aliphatic heterocycles. The summed E-state index contributed by atoms with van der Waals surface area (Å²) in [6, 6.07) is 7.46. The second kappa shape index (κ2) is 4.42. The van der Waals surface area contributed by atoms with E-state index in [0.717, 1.165) is 25.1 Å². The van der Waals surface area contributed by atoms with E-state index in [9.17, 15) is 5.11 Å². The number of aliphatic hydroxyl groups excluding tert-OH is 1. The molecule has 1 aliphatic rings. The number of benzene rings is 1. The fourth-order valence-corrected chi connectivity index (χ4v) is 2.09. The third kappa shape index (κ3) is 2.10. The van der Waals surface area contributed by atoms with Gasteiger partial charge in [0.2, 0.25) is 0 Å². The number of nitriles is 1. The predicted molar refractivity (Wildman–Crippen MR) is 63.0 cm³/mol. The SMILES string of the molecule is N#Cc1cc(N)ccc1N1CCCC(O)C1. The van der Waals surface area contributed by atoms with Crippen LogP contribution in [0.5, 0.6) is 0 Å². The molecule has 2 rings (SSSR count). The Balaban J connectivity index is 2.29. The lowest BCUT2D eigenvalue weighted by Gasteiger charge is -2.32. The van der Waals surface area contributed by atoms with Crippen molar-refractivity contribution in [3.8, 4) is 6.07 Å². The van der Waals surface area contributed by atoms with Crippen molar-refractivity contribution >= 4 is 11.4 Å². The van der Waals surface area contributed by atoms with E-state index in [2.05, 4.69) is 6.07 Å². The smallest absolute Gasteiger partial charge is 0.101 e. The summed E-state index contributed by atoms with van der Waals surface area (Å²) >= 11 is 0. The first-order valence-electron chi connectivity index (χ1n) is 5.43. The van der Waals surface area contributed by atoms with Crippen LogP contribution in [0.3, 0.4) is 0 Å². The van der Waals surface area contributed by atoms with E-state index in [1.165, 1.54) is 0 Å². The molecule has 0 radical (unpaired) electrons. The maximum Gasteiger partial charge on any atom is 0.101 e. The van der Waals surface area contributed by atoms with Crippen molar-refractivity contribution in [3.63, 3.8) is 0 Å². The zero-order valence-corrected chi connectivity index (χ0v) is 9.06. The van der Waals surface area contributed by atoms with Crippen LogP contribution < -0.4 is 10.6 Å². The van der Waals surface area contributed by atoms with E-state index in [-0.39, 0.29) is 6.10 Å². The highest BCUT2D eigenvalue weighted by molar-refractivity contribution is 5.64. The molecule has 1 saturated heterocycles. The fourth-order valence-electron chi connectivity index (χ4n) is 2.09. The highest BCUT2D eigenvalue weighted by atomic mass is 16.3. The van der Waals surface area contributed by atoms with Crippen LogP contribution in [0.15, 0.2) is 18.2 Å². The normalized spacial score (nSPS) is 20.5. The van der Waals surface area contributed by atoms with Gasteiger partial charge >= 0.3 is 0 Å². The number of hydrogen-bond acceptors (Lipinski definition) is 4. The zero-order valence-electron chi connectivity index (χ0n) is 9.06. The van der Waals surface area contributed by atoms with Crippen LogP contribution in [0.4, 0.5) is 11.4 Å². The van der Waals surface area contributed by atoms with Crippen LogP contribution in [0.1, 0.15) is 18.4 Å². The monoisotopic (exact) mass is 217 g/mol. The van der Waals surface area contributed by atoms with Crippen molar-refractivity contribution in [2.75, 3.05) is 23.7 Å². The molecular formula is C12H15N3O. The van der Waals surface area contributed by atoms with Gasteiger partial charge in [-0.05, 0) is 31.0 Å². The van der Waals surface area contributed by atoms with E-state index in [0.29, 0.717) is 17.8 Å². The van der Waals surface area contributed by atoms with Gasteiger partial charge in [-0.2, -0.15) is 5.26 Å². The van der Waals surface area contributed by atoms with Gasteiger partial charge in [-0.3, -0.25) is 0 Å². The van der Waals surface area contributed by atoms with Crippen LogP contribution in [-0.2, 0) is 0 Å². The van der Waals surface area contributed by atoms with Crippen molar-refractivity contribution in [1.29, 1.82) is 5.26 Å². The van der Waals surface area contributed by atoms with E-state index in [1.807, 2.05) is 11.0 Å². The van der Waals surface area contributed by atoms with Crippen molar-refractivity contribution < 1.29 is 5.11 Å². The Morgan fingerprint density at radius 3 is 3.00 bits per heavy atom. The van der Waals surface area contributed by atoms with E-state index < -0.39 is 0 Å². The minimum absolute atomic E-state index is 0.294. The molecule has 0 aromatic heterocycles. The fraction of sp³-hybridized carbons (Fsp3) is 0.417. The summed E-state index contributed by atoms with van der Waals surface area (Å²) in [5.74, 6) is 0. The van der Waals surface area contributed by atoms with Gasteiger partial charge in [0.05, 0.1) is 17.4 Å². The number of nitrogen functional groups attached to an aromatic ring is 1. The first kappa shape index (κ1) is 10.8. The Hall–Kier alpha value is -1.73. The topological polar surface area (TPSA) is 73.3 Å². The molecular weight excluding hydrogens is 202 g/mol. The predicted octanol–water partition coefficient (Wildman–Crippen LogP) is 1.10. The molecule has 0 saturated carbocycles. The number of hydrogen-bond donors (Lipinski definition) is 2. The minimum atomic E-state index is -0.294. The lowest BCUT2D eigenvalue weighted by atomic mass is 10.1. The molecule has 84 valence electrons. The Kier molecular flexibility index (Phi) is 2.97. The van der Waals surface area contributed by atoms with Gasteiger partial charge < -0.3 is 15.7 Å². The minimum Gasteiger partial charge on any atom is -0.399 e. The van der Waals surface area contributed by atoms with Crippen LogP contribution in [-0.4, -0.2) is 24.3 Å². The van der Waals surface area contributed by atoms with Gasteiger partial charge in [-0.1, -0.05) is 0 Å². The molecule has 0 bridgehead atoms. The van der Waals surface area contributed by atoms with Gasteiger partial charge in [-0.25, -0.2) is 0 Å². The van der Waals surface area contributed by atoms with Crippen LogP contribution in [0.25, 0.3) is 0 Å². The lowest BCUT2D eigenvalue weighted by molar-refractivity contribution is 0.154. The Morgan fingerprint density at radius 1 is 1.50 bits per heavy atom. The highest BCUT2D eigenvalue weighted by Gasteiger charge is 2.19. The second-order valence-electron chi connectivity index (χ2n) is 4.13. The number of aliphatic hydroxyl groups is 1. The molecule has 16 heavy (non-hydrogen) atoms. The summed E-state index contributed by atoms with van der Waals surface area (Å²) in [5.41, 5.74) is 7.68. The molecule has 1 atom stereocenters. The maximum absolute atomic E-state index is 9.61. The Labute approximate surface area is 94.9 Å². The molecule has 1 aromatic carbocycles. The van der Waals surface area contributed by atoms with Gasteiger partial charge in [0.25, 0.3) is 0 Å². The first-order valence-corrected chi connectivity index (χ1v) is 5.43. The van der Waals surface area contributed by atoms with Crippen LogP contribution in [0.2, 0.25) is 0 Å². The molecule has 1 fully saturated rings. The zero-order chi connectivity index (χ0) is 11.5. The van der Waals surface area contributed by atoms with Crippen molar-refractivity contribution in [2.45, 2.75) is 18.9 Å². The summed E-state index contributed by atoms with van der Waals surface area (Å²) in [6.07, 6.45) is 1.50. The third-order valence-corrected chi connectivity index (χ3v) is 2.88. The van der Waals surface area contributed by atoms with E-state index in [4.69, 9.17) is 11.0 Å². The average molecular weight is 217 g/mol. The van der Waals surface area contributed by atoms with Gasteiger partial charge in [0.1, 0.15) is 6.07 Å². The first-order chi connectivity index (χ1) is 7.70. The summed E-state index contributed by atoms with van der Waals surface area (Å²) in [4.78, 5) is 2.05. The standard InChI is InChI=1S/C12H15N3O/c13-7-9-6-10(14)3-4-12(9)15-5-1-2-11(16)8-15/h3-4,6,11,16H,1-2,5,8,14H2. The molecule has 4 heteroatoms. The lowest BCUT2D eigenvalue weighted by Crippen LogP contribution is -2.38. The molecule has 1 heterocycles. The molecule has 1 unspecified atom stereocenters. The van der Waals surface area contributed by atoms with E-state index in [1.54, 1.807) is 12.1 Å². The molecule has 0 spiro atoms. The Bertz CT molecular complexity index is 425. The Morgan fingerprint density at radius 2 is 2.31 bits per heavy atom. The van der Waals surface area contributed by atoms with Gasteiger partial charge in [-0.15, -0.1) is 0 Å². The summed E-state index contributed by atoms with van der Waals surface area (Å²) in [6.45, 7) is 1.48. The number of β-amino-alcohol motifs (C(OH)–C–C–N with tert-alkyl or cyclic N) is 1. The highest BCUT2D eigenvalue weighted by Crippen LogP contribution is 2.25. The van der Waals surface area contributed by atoms with E-state index >= 15 is 0 Å². The van der Waals surface area contributed by atoms with Crippen molar-refractivity contribution in [1.82, 2.24) is 0 Å². The molecule has 4 nitrogen and oxygen atoms in total. The summed E-state index contributed by atoms with van der Waals surface area (Å²) in [7, 11) is 0. The van der Waals surface area contributed by atoms with Crippen molar-refractivity contribution in [2.24, 2.45) is 0 Å². The average Bonchev–Trinajstić information content (AvgIpc) is 2.28. The molecule has 1 aromatic rings. The third-order valence-electron chi connectivity index (χ3n) is 2.88. The summed E-state index contributed by atoms with van der Waals surface area (Å²) in [5, 5.41) is 18.7. The summed E-state index contributed by atoms with van der Waals surface area (Å²) < 4.78 is 0. The quantitative estimate of drug-likeness (QED) is 0.691. The maximum atomic E-state index is 9.61. The largest absolute Gasteiger partial charge is 0.399 e. The van der Waals surface area contributed by atoms with Gasteiger partial charge in [0.15, 0.2) is 0 Å². The van der Waals surface area contributed by atoms with Crippen molar-refractivity contribution in [3.05, 3.63) is 23.8 Å². The number of rotatable bonds is 1. The molecule has 3 N–H and O–H groups in total. The molecule has 0 amide bonds. The van der Waals surface area contributed by atoms with Crippen LogP contribution in [0, 0.1) is 11.3 Å². The molecule has 0 aliphatic carbocycles. The second-order valence-corrected chi connectivity index (χ2v) is 4.13. The number of nitrogens with zero attached hydrogens (tertiary/aromatic N) is 2. The number of nitrogens with two attached hydrogens (primary N) is 1. The number of anilines is 2.